The Morgan fingerprint density at radius 3 is 2.78 bits per heavy atom. The Kier molecular flexibility index (Phi) is 5.94. The van der Waals surface area contributed by atoms with Crippen molar-refractivity contribution in [1.29, 1.82) is 0 Å². The molecular weight excluding hydrogens is 323 g/mol. The van der Waals surface area contributed by atoms with Gasteiger partial charge >= 0.3 is 5.97 Å². The molecule has 7 heteroatoms. The molecular formula is C16H14ClFN2O3. The maximum Gasteiger partial charge on any atom is 0.328 e. The van der Waals surface area contributed by atoms with Crippen LogP contribution in [0.3, 0.4) is 0 Å². The summed E-state index contributed by atoms with van der Waals surface area (Å²) < 4.78 is 18.2. The number of nitrogens with one attached hydrogen (secondary N) is 1. The molecule has 120 valence electrons. The molecule has 0 aliphatic carbocycles. The van der Waals surface area contributed by atoms with E-state index in [0.29, 0.717) is 35.3 Å². The van der Waals surface area contributed by atoms with E-state index in [9.17, 15) is 9.18 Å². The van der Waals surface area contributed by atoms with Gasteiger partial charge in [0.25, 0.3) is 0 Å². The number of carboxylic acid groups (broad SMARTS) is 1. The van der Waals surface area contributed by atoms with E-state index >= 15 is 0 Å². The molecule has 5 nitrogen and oxygen atoms in total. The van der Waals surface area contributed by atoms with Crippen LogP contribution in [-0.2, 0) is 4.79 Å². The second-order valence-electron chi connectivity index (χ2n) is 4.50. The number of hydrogen-bond donors (Lipinski definition) is 2. The Morgan fingerprint density at radius 2 is 2.13 bits per heavy atom. The van der Waals surface area contributed by atoms with Gasteiger partial charge in [-0.3, -0.25) is 0 Å². The predicted molar refractivity (Wildman–Crippen MR) is 86.3 cm³/mol. The number of pyridine rings is 1. The van der Waals surface area contributed by atoms with Gasteiger partial charge in [-0.25, -0.2) is 14.2 Å². The molecule has 2 rings (SSSR count). The van der Waals surface area contributed by atoms with Crippen LogP contribution in [0.5, 0.6) is 5.75 Å². The average Bonchev–Trinajstić information content (AvgIpc) is 2.52. The molecule has 1 heterocycles. The average molecular weight is 337 g/mol. The summed E-state index contributed by atoms with van der Waals surface area (Å²) in [7, 11) is 0. The fourth-order valence-electron chi connectivity index (χ4n) is 1.71. The van der Waals surface area contributed by atoms with Gasteiger partial charge in [0.05, 0.1) is 11.6 Å². The molecule has 0 fully saturated rings. The summed E-state index contributed by atoms with van der Waals surface area (Å²) >= 11 is 6.07. The molecule has 0 atom stereocenters. The molecule has 0 bridgehead atoms. The van der Waals surface area contributed by atoms with Gasteiger partial charge in [0.1, 0.15) is 24.0 Å². The van der Waals surface area contributed by atoms with E-state index in [4.69, 9.17) is 21.4 Å². The first-order valence-corrected chi connectivity index (χ1v) is 7.11. The number of nitrogens with zero attached hydrogens (tertiary/aromatic N) is 1. The van der Waals surface area contributed by atoms with Crippen LogP contribution in [0.1, 0.15) is 5.56 Å². The zero-order valence-corrected chi connectivity index (χ0v) is 12.8. The molecule has 1 aromatic carbocycles. The van der Waals surface area contributed by atoms with Crippen molar-refractivity contribution in [1.82, 2.24) is 4.98 Å². The Morgan fingerprint density at radius 1 is 1.39 bits per heavy atom. The predicted octanol–water partition coefficient (Wildman–Crippen LogP) is 3.46. The van der Waals surface area contributed by atoms with Gasteiger partial charge < -0.3 is 15.2 Å². The van der Waals surface area contributed by atoms with E-state index < -0.39 is 5.97 Å². The van der Waals surface area contributed by atoms with E-state index in [1.165, 1.54) is 24.4 Å². The fraction of sp³-hybridized carbons (Fsp3) is 0.125. The van der Waals surface area contributed by atoms with Crippen molar-refractivity contribution in [3.8, 4) is 5.75 Å². The summed E-state index contributed by atoms with van der Waals surface area (Å²) in [5.41, 5.74) is 0.588. The van der Waals surface area contributed by atoms with Crippen LogP contribution in [0.2, 0.25) is 5.02 Å². The monoisotopic (exact) mass is 336 g/mol. The topological polar surface area (TPSA) is 71.5 Å². The third kappa shape index (κ3) is 5.60. The molecule has 2 N–H and O–H groups in total. The Hall–Kier alpha value is -2.60. The summed E-state index contributed by atoms with van der Waals surface area (Å²) in [5.74, 6) is -0.312. The number of rotatable bonds is 7. The van der Waals surface area contributed by atoms with Crippen molar-refractivity contribution in [2.45, 2.75) is 0 Å². The van der Waals surface area contributed by atoms with Gasteiger partial charge in [-0.05, 0) is 42.0 Å². The Balaban J connectivity index is 1.83. The summed E-state index contributed by atoms with van der Waals surface area (Å²) in [5, 5.41) is 11.9. The summed E-state index contributed by atoms with van der Waals surface area (Å²) in [6, 6.07) is 7.35. The van der Waals surface area contributed by atoms with Gasteiger partial charge in [0.15, 0.2) is 0 Å². The minimum absolute atomic E-state index is 0.316. The second-order valence-corrected chi connectivity index (χ2v) is 4.91. The minimum atomic E-state index is -1.04. The molecule has 0 aliphatic heterocycles. The molecule has 1 aromatic heterocycles. The van der Waals surface area contributed by atoms with E-state index in [0.717, 1.165) is 6.08 Å². The van der Waals surface area contributed by atoms with Gasteiger partial charge in [0, 0.05) is 12.3 Å². The molecule has 0 radical (unpaired) electrons. The van der Waals surface area contributed by atoms with Crippen molar-refractivity contribution < 1.29 is 19.0 Å². The quantitative estimate of drug-likeness (QED) is 0.598. The molecule has 0 aliphatic rings. The van der Waals surface area contributed by atoms with Crippen molar-refractivity contribution in [2.24, 2.45) is 0 Å². The van der Waals surface area contributed by atoms with Crippen LogP contribution in [0, 0.1) is 5.82 Å². The van der Waals surface area contributed by atoms with Gasteiger partial charge in [-0.1, -0.05) is 11.6 Å². The van der Waals surface area contributed by atoms with E-state index in [2.05, 4.69) is 10.3 Å². The molecule has 0 saturated heterocycles. The first-order valence-electron chi connectivity index (χ1n) is 6.73. The highest BCUT2D eigenvalue weighted by Gasteiger charge is 2.02. The van der Waals surface area contributed by atoms with E-state index in [1.807, 2.05) is 0 Å². The van der Waals surface area contributed by atoms with Crippen molar-refractivity contribution in [3.63, 3.8) is 0 Å². The number of hydrogen-bond acceptors (Lipinski definition) is 4. The van der Waals surface area contributed by atoms with Crippen molar-refractivity contribution in [3.05, 3.63) is 59.0 Å². The smallest absolute Gasteiger partial charge is 0.328 e. The van der Waals surface area contributed by atoms with Crippen LogP contribution < -0.4 is 10.1 Å². The lowest BCUT2D eigenvalue weighted by Crippen LogP contribution is -2.12. The van der Waals surface area contributed by atoms with Crippen LogP contribution in [0.25, 0.3) is 6.08 Å². The zero-order valence-electron chi connectivity index (χ0n) is 12.0. The number of anilines is 1. The van der Waals surface area contributed by atoms with Crippen LogP contribution in [-0.4, -0.2) is 29.2 Å². The number of aromatic nitrogens is 1. The van der Waals surface area contributed by atoms with Gasteiger partial charge in [-0.2, -0.15) is 0 Å². The molecule has 0 saturated carbocycles. The summed E-state index contributed by atoms with van der Waals surface area (Å²) in [4.78, 5) is 14.6. The highest BCUT2D eigenvalue weighted by atomic mass is 35.5. The first-order chi connectivity index (χ1) is 11.0. The minimum Gasteiger partial charge on any atom is -0.492 e. The Labute approximate surface area is 137 Å². The molecule has 0 amide bonds. The van der Waals surface area contributed by atoms with E-state index in [-0.39, 0.29) is 5.82 Å². The largest absolute Gasteiger partial charge is 0.492 e. The van der Waals surface area contributed by atoms with Gasteiger partial charge in [-0.15, -0.1) is 0 Å². The number of carboxylic acids is 1. The maximum absolute atomic E-state index is 12.7. The Bertz CT molecular complexity index is 705. The maximum atomic E-state index is 12.7. The number of aliphatic carboxylic acids is 1. The van der Waals surface area contributed by atoms with Gasteiger partial charge in [0.2, 0.25) is 0 Å². The lowest BCUT2D eigenvalue weighted by atomic mass is 10.2. The first kappa shape index (κ1) is 16.8. The highest BCUT2D eigenvalue weighted by molar-refractivity contribution is 6.33. The van der Waals surface area contributed by atoms with Crippen LogP contribution >= 0.6 is 11.6 Å². The van der Waals surface area contributed by atoms with E-state index in [1.54, 1.807) is 18.2 Å². The lowest BCUT2D eigenvalue weighted by Gasteiger charge is -2.09. The second kappa shape index (κ2) is 8.14. The third-order valence-corrected chi connectivity index (χ3v) is 3.05. The molecule has 23 heavy (non-hydrogen) atoms. The molecule has 2 aromatic rings. The standard InChI is InChI=1S/C16H14ClFN2O3/c17-14-9-11(1-6-15(21)22)10-20-16(14)19-7-8-23-13-4-2-12(18)3-5-13/h1-6,9-10H,7-8H2,(H,19,20)(H,21,22). The highest BCUT2D eigenvalue weighted by Crippen LogP contribution is 2.20. The van der Waals surface area contributed by atoms with Crippen LogP contribution in [0.4, 0.5) is 10.2 Å². The zero-order chi connectivity index (χ0) is 16.7. The SMILES string of the molecule is O=C(O)C=Cc1cnc(NCCOc2ccc(F)cc2)c(Cl)c1. The van der Waals surface area contributed by atoms with Crippen molar-refractivity contribution >= 4 is 29.5 Å². The summed E-state index contributed by atoms with van der Waals surface area (Å²) in [6.45, 7) is 0.804. The lowest BCUT2D eigenvalue weighted by molar-refractivity contribution is -0.131. The number of ether oxygens (including phenoxy) is 1. The molecule has 0 unspecified atom stereocenters. The van der Waals surface area contributed by atoms with Crippen molar-refractivity contribution in [2.75, 3.05) is 18.5 Å². The molecule has 0 spiro atoms. The number of halogens is 2. The summed E-state index contributed by atoms with van der Waals surface area (Å²) in [6.07, 6.45) is 3.92. The van der Waals surface area contributed by atoms with Crippen LogP contribution in [0.15, 0.2) is 42.6 Å². The number of benzene rings is 1. The normalized spacial score (nSPS) is 10.7. The third-order valence-electron chi connectivity index (χ3n) is 2.76. The fourth-order valence-corrected chi connectivity index (χ4v) is 1.95. The number of carbonyl (C=O) groups is 1.